The first-order chi connectivity index (χ1) is 7.11. The molecule has 0 bridgehead atoms. The van der Waals surface area contributed by atoms with Crippen molar-refractivity contribution in [1.82, 2.24) is 5.32 Å². The average molecular weight is 206 g/mol. The van der Waals surface area contributed by atoms with Crippen molar-refractivity contribution in [3.8, 4) is 0 Å². The second-order valence-electron chi connectivity index (χ2n) is 3.75. The molecule has 3 heteroatoms. The number of hydrogen-bond donors (Lipinski definition) is 2. The Morgan fingerprint density at radius 3 is 2.73 bits per heavy atom. The molecule has 1 atom stereocenters. The molecule has 1 rings (SSSR count). The van der Waals surface area contributed by atoms with Gasteiger partial charge in [-0.1, -0.05) is 24.3 Å². The van der Waals surface area contributed by atoms with Gasteiger partial charge in [0, 0.05) is 19.0 Å². The molecule has 0 aliphatic rings. The van der Waals surface area contributed by atoms with Crippen molar-refractivity contribution in [3.05, 3.63) is 35.4 Å². The number of nitrogens with two attached hydrogens (primary N) is 1. The van der Waals surface area contributed by atoms with Crippen molar-refractivity contribution in [2.45, 2.75) is 26.3 Å². The Hall–Kier alpha value is -1.35. The smallest absolute Gasteiger partial charge is 0.218 e. The van der Waals surface area contributed by atoms with E-state index in [0.717, 1.165) is 0 Å². The van der Waals surface area contributed by atoms with Gasteiger partial charge in [-0.25, -0.2) is 0 Å². The van der Waals surface area contributed by atoms with Crippen molar-refractivity contribution in [2.75, 3.05) is 6.54 Å². The highest BCUT2D eigenvalue weighted by atomic mass is 16.1. The second-order valence-corrected chi connectivity index (χ2v) is 3.75. The number of amides is 1. The van der Waals surface area contributed by atoms with Crippen LogP contribution in [0.3, 0.4) is 0 Å². The molecule has 3 N–H and O–H groups in total. The van der Waals surface area contributed by atoms with E-state index in [2.05, 4.69) is 31.3 Å². The van der Waals surface area contributed by atoms with Crippen LogP contribution in [-0.2, 0) is 4.79 Å². The zero-order chi connectivity index (χ0) is 11.3. The average Bonchev–Trinajstić information content (AvgIpc) is 2.17. The van der Waals surface area contributed by atoms with Crippen LogP contribution in [-0.4, -0.2) is 12.5 Å². The predicted molar refractivity (Wildman–Crippen MR) is 61.4 cm³/mol. The van der Waals surface area contributed by atoms with Crippen molar-refractivity contribution in [1.29, 1.82) is 0 Å². The zero-order valence-electron chi connectivity index (χ0n) is 9.29. The molecule has 82 valence electrons. The maximum atomic E-state index is 10.6. The Balaban J connectivity index is 2.50. The van der Waals surface area contributed by atoms with Gasteiger partial charge in [-0.3, -0.25) is 4.79 Å². The fourth-order valence-electron chi connectivity index (χ4n) is 1.59. The maximum absolute atomic E-state index is 10.6. The predicted octanol–water partition coefficient (Wildman–Crippen LogP) is 1.52. The molecule has 15 heavy (non-hydrogen) atoms. The van der Waals surface area contributed by atoms with Crippen LogP contribution in [0, 0.1) is 6.92 Å². The lowest BCUT2D eigenvalue weighted by atomic mass is 10.0. The van der Waals surface area contributed by atoms with Crippen LogP contribution in [0.5, 0.6) is 0 Å². The number of carbonyl (C=O) groups excluding carboxylic acids is 1. The van der Waals surface area contributed by atoms with Crippen LogP contribution in [0.1, 0.15) is 30.5 Å². The van der Waals surface area contributed by atoms with E-state index in [-0.39, 0.29) is 11.9 Å². The Morgan fingerprint density at radius 2 is 2.13 bits per heavy atom. The fourth-order valence-corrected chi connectivity index (χ4v) is 1.59. The van der Waals surface area contributed by atoms with Gasteiger partial charge in [0.1, 0.15) is 0 Å². The second kappa shape index (κ2) is 5.51. The van der Waals surface area contributed by atoms with E-state index in [1.165, 1.54) is 11.1 Å². The van der Waals surface area contributed by atoms with E-state index in [4.69, 9.17) is 5.73 Å². The quantitative estimate of drug-likeness (QED) is 0.767. The molecule has 0 aliphatic heterocycles. The first kappa shape index (κ1) is 11.7. The van der Waals surface area contributed by atoms with Gasteiger partial charge in [0.05, 0.1) is 0 Å². The third-order valence-electron chi connectivity index (χ3n) is 2.48. The summed E-state index contributed by atoms with van der Waals surface area (Å²) in [5.74, 6) is -0.264. The van der Waals surface area contributed by atoms with Gasteiger partial charge in [0.25, 0.3) is 0 Å². The van der Waals surface area contributed by atoms with Crippen LogP contribution >= 0.6 is 0 Å². The van der Waals surface area contributed by atoms with Crippen molar-refractivity contribution in [3.63, 3.8) is 0 Å². The summed E-state index contributed by atoms with van der Waals surface area (Å²) in [5, 5.41) is 3.27. The number of primary amides is 1. The van der Waals surface area contributed by atoms with Crippen LogP contribution < -0.4 is 11.1 Å². The van der Waals surface area contributed by atoms with Crippen LogP contribution in [0.2, 0.25) is 0 Å². The summed E-state index contributed by atoms with van der Waals surface area (Å²) >= 11 is 0. The molecule has 1 aromatic carbocycles. The summed E-state index contributed by atoms with van der Waals surface area (Å²) in [6, 6.07) is 8.48. The monoisotopic (exact) mass is 206 g/mol. The number of rotatable bonds is 5. The Morgan fingerprint density at radius 1 is 1.47 bits per heavy atom. The van der Waals surface area contributed by atoms with Gasteiger partial charge in [0.15, 0.2) is 0 Å². The Labute approximate surface area is 90.7 Å². The van der Waals surface area contributed by atoms with E-state index in [0.29, 0.717) is 13.0 Å². The lowest BCUT2D eigenvalue weighted by molar-refractivity contribution is -0.117. The van der Waals surface area contributed by atoms with Crippen LogP contribution in [0.4, 0.5) is 0 Å². The molecule has 0 fully saturated rings. The maximum Gasteiger partial charge on any atom is 0.218 e. The van der Waals surface area contributed by atoms with Crippen LogP contribution in [0.15, 0.2) is 24.3 Å². The van der Waals surface area contributed by atoms with E-state index in [1.807, 2.05) is 12.1 Å². The molecule has 0 heterocycles. The number of hydrogen-bond acceptors (Lipinski definition) is 2. The van der Waals surface area contributed by atoms with Crippen molar-refractivity contribution >= 4 is 5.91 Å². The lowest BCUT2D eigenvalue weighted by Gasteiger charge is -2.15. The van der Waals surface area contributed by atoms with Gasteiger partial charge in [-0.15, -0.1) is 0 Å². The number of nitrogens with one attached hydrogen (secondary N) is 1. The standard InChI is InChI=1S/C12H18N2O/c1-9-5-3-4-6-11(9)10(2)14-8-7-12(13)15/h3-6,10,14H,7-8H2,1-2H3,(H2,13,15)/t10-/m0/s1. The molecule has 0 aromatic heterocycles. The third-order valence-corrected chi connectivity index (χ3v) is 2.48. The molecule has 1 amide bonds. The number of carbonyl (C=O) groups is 1. The Kier molecular flexibility index (Phi) is 4.31. The Bertz CT molecular complexity index is 336. The van der Waals surface area contributed by atoms with Gasteiger partial charge in [-0.05, 0) is 25.0 Å². The molecule has 0 saturated heterocycles. The van der Waals surface area contributed by atoms with E-state index in [9.17, 15) is 4.79 Å². The normalized spacial score (nSPS) is 12.4. The molecule has 3 nitrogen and oxygen atoms in total. The summed E-state index contributed by atoms with van der Waals surface area (Å²) in [7, 11) is 0. The van der Waals surface area contributed by atoms with Gasteiger partial charge < -0.3 is 11.1 Å². The molecule has 0 saturated carbocycles. The largest absolute Gasteiger partial charge is 0.370 e. The minimum Gasteiger partial charge on any atom is -0.370 e. The SMILES string of the molecule is Cc1ccccc1[C@H](C)NCCC(N)=O. The fraction of sp³-hybridized carbons (Fsp3) is 0.417. The first-order valence-corrected chi connectivity index (χ1v) is 5.18. The highest BCUT2D eigenvalue weighted by Gasteiger charge is 2.06. The summed E-state index contributed by atoms with van der Waals surface area (Å²) < 4.78 is 0. The van der Waals surface area contributed by atoms with E-state index in [1.54, 1.807) is 0 Å². The molecule has 0 aliphatic carbocycles. The minimum absolute atomic E-state index is 0.255. The topological polar surface area (TPSA) is 55.1 Å². The molecule has 0 spiro atoms. The van der Waals surface area contributed by atoms with Crippen molar-refractivity contribution in [2.24, 2.45) is 5.73 Å². The molecule has 0 unspecified atom stereocenters. The van der Waals surface area contributed by atoms with Gasteiger partial charge in [-0.2, -0.15) is 0 Å². The lowest BCUT2D eigenvalue weighted by Crippen LogP contribution is -2.24. The van der Waals surface area contributed by atoms with E-state index >= 15 is 0 Å². The zero-order valence-corrected chi connectivity index (χ0v) is 9.29. The highest BCUT2D eigenvalue weighted by molar-refractivity contribution is 5.73. The third kappa shape index (κ3) is 3.72. The molecular weight excluding hydrogens is 188 g/mol. The summed E-state index contributed by atoms with van der Waals surface area (Å²) in [5.41, 5.74) is 7.59. The van der Waals surface area contributed by atoms with Crippen LogP contribution in [0.25, 0.3) is 0 Å². The van der Waals surface area contributed by atoms with Gasteiger partial charge >= 0.3 is 0 Å². The molecule has 0 radical (unpaired) electrons. The van der Waals surface area contributed by atoms with Gasteiger partial charge in [0.2, 0.25) is 5.91 Å². The van der Waals surface area contributed by atoms with Crippen molar-refractivity contribution < 1.29 is 4.79 Å². The minimum atomic E-state index is -0.264. The first-order valence-electron chi connectivity index (χ1n) is 5.18. The summed E-state index contributed by atoms with van der Waals surface area (Å²) in [4.78, 5) is 10.6. The highest BCUT2D eigenvalue weighted by Crippen LogP contribution is 2.16. The summed E-state index contributed by atoms with van der Waals surface area (Å²) in [6.07, 6.45) is 0.385. The summed E-state index contributed by atoms with van der Waals surface area (Å²) in [6.45, 7) is 4.80. The molecular formula is C12H18N2O. The number of aryl methyl sites for hydroxylation is 1. The number of benzene rings is 1. The molecule has 1 aromatic rings. The van der Waals surface area contributed by atoms with E-state index < -0.39 is 0 Å².